The molecule has 0 radical (unpaired) electrons. The maximum absolute atomic E-state index is 5.60. The third-order valence-corrected chi connectivity index (χ3v) is 2.49. The lowest BCUT2D eigenvalue weighted by molar-refractivity contribution is 0.301. The highest BCUT2D eigenvalue weighted by Gasteiger charge is 2.02. The van der Waals surface area contributed by atoms with Gasteiger partial charge in [0.1, 0.15) is 18.1 Å². The Bertz CT molecular complexity index is 467. The van der Waals surface area contributed by atoms with E-state index in [-0.39, 0.29) is 0 Å². The monoisotopic (exact) mass is 246 g/mol. The Hall–Kier alpha value is -1.88. The Morgan fingerprint density at radius 3 is 2.72 bits per heavy atom. The van der Waals surface area contributed by atoms with Crippen LogP contribution in [0.2, 0.25) is 0 Å². The zero-order chi connectivity index (χ0) is 12.8. The molecule has 1 aromatic heterocycles. The minimum absolute atomic E-state index is 0.450. The molecule has 0 aliphatic rings. The zero-order valence-electron chi connectivity index (χ0n) is 10.8. The Morgan fingerprint density at radius 2 is 2.00 bits per heavy atom. The van der Waals surface area contributed by atoms with Gasteiger partial charge in [-0.15, -0.1) is 5.10 Å². The second kappa shape index (κ2) is 6.16. The summed E-state index contributed by atoms with van der Waals surface area (Å²) in [5, 5.41) is 8.14. The average molecular weight is 246 g/mol. The van der Waals surface area contributed by atoms with Gasteiger partial charge in [0, 0.05) is 6.54 Å². The van der Waals surface area contributed by atoms with Crippen LogP contribution in [0.4, 0.5) is 0 Å². The fraction of sp³-hybridized carbons (Fsp3) is 0.385. The Labute approximate surface area is 107 Å². The third kappa shape index (κ3) is 3.85. The molecule has 0 amide bonds. The van der Waals surface area contributed by atoms with Crippen molar-refractivity contribution in [2.24, 2.45) is 0 Å². The maximum Gasteiger partial charge on any atom is 0.134 e. The maximum atomic E-state index is 5.60. The van der Waals surface area contributed by atoms with Crippen LogP contribution in [0.15, 0.2) is 36.5 Å². The van der Waals surface area contributed by atoms with Crippen LogP contribution in [0.3, 0.4) is 0 Å². The second-order valence-electron chi connectivity index (χ2n) is 4.38. The van der Waals surface area contributed by atoms with Gasteiger partial charge in [-0.05, 0) is 26.2 Å². The number of aromatic nitrogens is 3. The molecular formula is C13H18N4O. The number of likely N-dealkylation sites (N-methyl/N-ethyl adjacent to an activating group) is 1. The lowest BCUT2D eigenvalue weighted by atomic mass is 10.3. The predicted octanol–water partition coefficient (Wildman–Crippen LogP) is 1.42. The highest BCUT2D eigenvalue weighted by Crippen LogP contribution is 2.10. The zero-order valence-corrected chi connectivity index (χ0v) is 10.8. The molecule has 0 saturated heterocycles. The molecule has 1 aromatic carbocycles. The van der Waals surface area contributed by atoms with E-state index in [1.807, 2.05) is 55.3 Å². The number of hydrogen-bond donors (Lipinski definition) is 0. The van der Waals surface area contributed by atoms with Crippen molar-refractivity contribution in [1.29, 1.82) is 0 Å². The number of benzene rings is 1. The average Bonchev–Trinajstić information content (AvgIpc) is 2.83. The van der Waals surface area contributed by atoms with Crippen LogP contribution in [0.5, 0.6) is 5.75 Å². The van der Waals surface area contributed by atoms with Crippen LogP contribution in [-0.2, 0) is 13.2 Å². The third-order valence-electron chi connectivity index (χ3n) is 2.49. The van der Waals surface area contributed by atoms with Crippen molar-refractivity contribution >= 4 is 0 Å². The van der Waals surface area contributed by atoms with E-state index in [1.54, 1.807) is 0 Å². The summed E-state index contributed by atoms with van der Waals surface area (Å²) in [7, 11) is 4.08. The highest BCUT2D eigenvalue weighted by molar-refractivity contribution is 5.21. The molecule has 2 rings (SSSR count). The molecule has 0 N–H and O–H groups in total. The molecule has 0 bridgehead atoms. The van der Waals surface area contributed by atoms with Crippen LogP contribution < -0.4 is 4.74 Å². The van der Waals surface area contributed by atoms with E-state index in [4.69, 9.17) is 4.74 Å². The lowest BCUT2D eigenvalue weighted by Crippen LogP contribution is -2.18. The summed E-state index contributed by atoms with van der Waals surface area (Å²) in [5.41, 5.74) is 0.845. The second-order valence-corrected chi connectivity index (χ2v) is 4.38. The fourth-order valence-electron chi connectivity index (χ4n) is 1.49. The SMILES string of the molecule is CN(C)CCn1cc(COc2ccccc2)nn1. The van der Waals surface area contributed by atoms with Crippen molar-refractivity contribution in [3.63, 3.8) is 0 Å². The summed E-state index contributed by atoms with van der Waals surface area (Å²) in [4.78, 5) is 2.11. The molecule has 0 saturated carbocycles. The number of rotatable bonds is 6. The summed E-state index contributed by atoms with van der Waals surface area (Å²) in [6.45, 7) is 2.24. The van der Waals surface area contributed by atoms with Gasteiger partial charge in [-0.25, -0.2) is 0 Å². The quantitative estimate of drug-likeness (QED) is 0.773. The van der Waals surface area contributed by atoms with E-state index in [9.17, 15) is 0 Å². The van der Waals surface area contributed by atoms with E-state index < -0.39 is 0 Å². The molecule has 0 atom stereocenters. The molecule has 5 heteroatoms. The van der Waals surface area contributed by atoms with Gasteiger partial charge < -0.3 is 9.64 Å². The van der Waals surface area contributed by atoms with Crippen molar-refractivity contribution < 1.29 is 4.74 Å². The molecule has 5 nitrogen and oxygen atoms in total. The van der Waals surface area contributed by atoms with Crippen molar-refractivity contribution in [3.8, 4) is 5.75 Å². The number of nitrogens with zero attached hydrogens (tertiary/aromatic N) is 4. The smallest absolute Gasteiger partial charge is 0.134 e. The molecule has 0 unspecified atom stereocenters. The van der Waals surface area contributed by atoms with Gasteiger partial charge in [0.25, 0.3) is 0 Å². The van der Waals surface area contributed by atoms with E-state index >= 15 is 0 Å². The molecule has 96 valence electrons. The Balaban J connectivity index is 1.83. The highest BCUT2D eigenvalue weighted by atomic mass is 16.5. The molecule has 0 fully saturated rings. The Morgan fingerprint density at radius 1 is 1.22 bits per heavy atom. The van der Waals surface area contributed by atoms with Crippen LogP contribution >= 0.6 is 0 Å². The lowest BCUT2D eigenvalue weighted by Gasteiger charge is -2.07. The first-order chi connectivity index (χ1) is 8.74. The Kier molecular flexibility index (Phi) is 4.30. The topological polar surface area (TPSA) is 43.2 Å². The summed E-state index contributed by atoms with van der Waals surface area (Å²) in [6.07, 6.45) is 1.92. The summed E-state index contributed by atoms with van der Waals surface area (Å²) >= 11 is 0. The molecule has 0 aliphatic heterocycles. The van der Waals surface area contributed by atoms with E-state index in [0.717, 1.165) is 24.5 Å². The number of ether oxygens (including phenoxy) is 1. The number of para-hydroxylation sites is 1. The minimum atomic E-state index is 0.450. The van der Waals surface area contributed by atoms with Crippen LogP contribution in [0.1, 0.15) is 5.69 Å². The van der Waals surface area contributed by atoms with E-state index in [2.05, 4.69) is 15.2 Å². The van der Waals surface area contributed by atoms with Crippen LogP contribution in [-0.4, -0.2) is 40.5 Å². The predicted molar refractivity (Wildman–Crippen MR) is 69.4 cm³/mol. The molecule has 18 heavy (non-hydrogen) atoms. The van der Waals surface area contributed by atoms with Crippen molar-refractivity contribution in [2.75, 3.05) is 20.6 Å². The molecule has 1 heterocycles. The van der Waals surface area contributed by atoms with E-state index in [0.29, 0.717) is 6.61 Å². The molecule has 0 aliphatic carbocycles. The van der Waals surface area contributed by atoms with Gasteiger partial charge in [0.2, 0.25) is 0 Å². The van der Waals surface area contributed by atoms with Gasteiger partial charge in [-0.3, -0.25) is 4.68 Å². The van der Waals surface area contributed by atoms with Gasteiger partial charge in [0.15, 0.2) is 0 Å². The van der Waals surface area contributed by atoms with Gasteiger partial charge in [0.05, 0.1) is 12.7 Å². The molecular weight excluding hydrogens is 228 g/mol. The van der Waals surface area contributed by atoms with Gasteiger partial charge >= 0.3 is 0 Å². The molecule has 2 aromatic rings. The first kappa shape index (κ1) is 12.6. The molecule has 0 spiro atoms. The summed E-state index contributed by atoms with van der Waals surface area (Å²) < 4.78 is 7.44. The van der Waals surface area contributed by atoms with Crippen molar-refractivity contribution in [1.82, 2.24) is 19.9 Å². The van der Waals surface area contributed by atoms with E-state index in [1.165, 1.54) is 0 Å². The van der Waals surface area contributed by atoms with Crippen LogP contribution in [0, 0.1) is 0 Å². The van der Waals surface area contributed by atoms with Crippen molar-refractivity contribution in [3.05, 3.63) is 42.2 Å². The van der Waals surface area contributed by atoms with Gasteiger partial charge in [-0.2, -0.15) is 0 Å². The first-order valence-electron chi connectivity index (χ1n) is 5.95. The summed E-state index contributed by atoms with van der Waals surface area (Å²) in [6, 6.07) is 9.71. The standard InChI is InChI=1S/C13H18N4O/c1-16(2)8-9-17-10-12(14-15-17)11-18-13-6-4-3-5-7-13/h3-7,10H,8-9,11H2,1-2H3. The number of hydrogen-bond acceptors (Lipinski definition) is 4. The van der Waals surface area contributed by atoms with Gasteiger partial charge in [-0.1, -0.05) is 23.4 Å². The summed E-state index contributed by atoms with van der Waals surface area (Å²) in [5.74, 6) is 0.848. The first-order valence-corrected chi connectivity index (χ1v) is 5.95. The minimum Gasteiger partial charge on any atom is -0.487 e. The fourth-order valence-corrected chi connectivity index (χ4v) is 1.49. The normalized spacial score (nSPS) is 10.8. The van der Waals surface area contributed by atoms with Crippen LogP contribution in [0.25, 0.3) is 0 Å². The van der Waals surface area contributed by atoms with Crippen molar-refractivity contribution in [2.45, 2.75) is 13.2 Å². The largest absolute Gasteiger partial charge is 0.487 e.